The SMILES string of the molecule is CC(O)[C@@H]1NC(=O)[C@H](CCCCN)NC(=O)[C@@H](Cc2c[nH]c3ccccc23)NC(=O)[C@H](Cc2ccccc2)NC(=O)[C@@H](NC(=O)[C@H](N)Cc2ccccc2)CSSC[C@@H](C(=O)N[C@H](CO)[C@@H](C)O)NC1=O.O=C(O)/C=C\C(=O)O. The molecule has 1 fully saturated rings. The van der Waals surface area contributed by atoms with Crippen molar-refractivity contribution in [2.24, 2.45) is 11.5 Å². The minimum Gasteiger partial charge on any atom is -0.478 e. The third-order valence-corrected chi connectivity index (χ3v) is 14.6. The van der Waals surface area contributed by atoms with Gasteiger partial charge in [0.15, 0.2) is 0 Å². The molecule has 5 rings (SSSR count). The number of hydrogen-bond donors (Lipinski definition) is 15. The predicted octanol–water partition coefficient (Wildman–Crippen LogP) is -1.09. The second kappa shape index (κ2) is 33.2. The zero-order chi connectivity index (χ0) is 58.0. The maximum Gasteiger partial charge on any atom is 0.328 e. The Kier molecular flexibility index (Phi) is 27.0. The van der Waals surface area contributed by atoms with E-state index in [1.165, 1.54) is 13.8 Å². The molecular weight excluding hydrogens is 1060 g/mol. The van der Waals surface area contributed by atoms with Crippen LogP contribution in [0.5, 0.6) is 0 Å². The summed E-state index contributed by atoms with van der Waals surface area (Å²) in [5.41, 5.74) is 15.0. The summed E-state index contributed by atoms with van der Waals surface area (Å²) in [6, 6.07) is 14.6. The number of fused-ring (bicyclic) bond motifs is 1. The van der Waals surface area contributed by atoms with Crippen molar-refractivity contribution in [2.45, 2.75) is 113 Å². The molecule has 4 aromatic rings. The molecular formula is C53H70N10O14S2. The predicted molar refractivity (Wildman–Crippen MR) is 296 cm³/mol. The van der Waals surface area contributed by atoms with Gasteiger partial charge in [0.25, 0.3) is 0 Å². The van der Waals surface area contributed by atoms with Crippen molar-refractivity contribution in [3.8, 4) is 0 Å². The number of hydrogen-bond acceptors (Lipinski definition) is 16. The third kappa shape index (κ3) is 21.8. The van der Waals surface area contributed by atoms with E-state index in [4.69, 9.17) is 21.7 Å². The van der Waals surface area contributed by atoms with E-state index in [-0.39, 0.29) is 43.7 Å². The number of carbonyl (C=O) groups excluding carboxylic acids is 7. The summed E-state index contributed by atoms with van der Waals surface area (Å²) in [5.74, 6) is -8.52. The maximum absolute atomic E-state index is 14.7. The number of nitrogens with two attached hydrogens (primary N) is 2. The minimum absolute atomic E-state index is 0.0340. The summed E-state index contributed by atoms with van der Waals surface area (Å²) < 4.78 is 0. The molecule has 0 saturated carbocycles. The number of carboxylic acid groups (broad SMARTS) is 2. The second-order valence-electron chi connectivity index (χ2n) is 18.5. The largest absolute Gasteiger partial charge is 0.478 e. The summed E-state index contributed by atoms with van der Waals surface area (Å²) in [6.45, 7) is 2.23. The number of unbranched alkanes of at least 4 members (excludes halogenated alkanes) is 1. The second-order valence-corrected chi connectivity index (χ2v) is 21.0. The van der Waals surface area contributed by atoms with Crippen molar-refractivity contribution in [2.75, 3.05) is 24.7 Å². The summed E-state index contributed by atoms with van der Waals surface area (Å²) in [6.07, 6.45) is 0.960. The fraction of sp³-hybridized carbons (Fsp3) is 0.415. The average molecular weight is 1140 g/mol. The Morgan fingerprint density at radius 3 is 1.85 bits per heavy atom. The smallest absolute Gasteiger partial charge is 0.328 e. The summed E-state index contributed by atoms with van der Waals surface area (Å²) >= 11 is 0. The molecule has 0 radical (unpaired) electrons. The highest BCUT2D eigenvalue weighted by atomic mass is 33.1. The summed E-state index contributed by atoms with van der Waals surface area (Å²) in [5, 5.41) is 66.1. The lowest BCUT2D eigenvalue weighted by atomic mass is 10.0. The molecule has 10 atom stereocenters. The van der Waals surface area contributed by atoms with Crippen molar-refractivity contribution < 1.29 is 68.7 Å². The van der Waals surface area contributed by atoms with Crippen LogP contribution in [0.4, 0.5) is 0 Å². The number of amides is 7. The van der Waals surface area contributed by atoms with Gasteiger partial charge in [-0.1, -0.05) is 100 Å². The quantitative estimate of drug-likeness (QED) is 0.0301. The van der Waals surface area contributed by atoms with Crippen LogP contribution in [-0.4, -0.2) is 169 Å². The van der Waals surface area contributed by atoms with Crippen molar-refractivity contribution in [3.05, 3.63) is 120 Å². The molecule has 24 nitrogen and oxygen atoms in total. The number of para-hydroxylation sites is 1. The zero-order valence-corrected chi connectivity index (χ0v) is 45.2. The highest BCUT2D eigenvalue weighted by molar-refractivity contribution is 8.76. The first kappa shape index (κ1) is 64.2. The molecule has 1 unspecified atom stereocenters. The third-order valence-electron chi connectivity index (χ3n) is 12.2. The first-order valence-corrected chi connectivity index (χ1v) is 27.8. The highest BCUT2D eigenvalue weighted by Crippen LogP contribution is 2.24. The molecule has 0 bridgehead atoms. The zero-order valence-electron chi connectivity index (χ0n) is 43.5. The van der Waals surface area contributed by atoms with Gasteiger partial charge in [0, 0.05) is 53.6 Å². The number of carboxylic acids is 2. The van der Waals surface area contributed by atoms with Gasteiger partial charge in [-0.15, -0.1) is 0 Å². The number of aromatic amines is 1. The van der Waals surface area contributed by atoms with Gasteiger partial charge in [0.05, 0.1) is 30.9 Å². The van der Waals surface area contributed by atoms with Crippen LogP contribution in [0.3, 0.4) is 0 Å². The number of aliphatic hydroxyl groups is 3. The van der Waals surface area contributed by atoms with Crippen molar-refractivity contribution in [1.29, 1.82) is 0 Å². The Morgan fingerprint density at radius 2 is 1.25 bits per heavy atom. The molecule has 3 aromatic carbocycles. The summed E-state index contributed by atoms with van der Waals surface area (Å²) in [7, 11) is 2.06. The molecule has 0 spiro atoms. The Hall–Kier alpha value is -7.33. The van der Waals surface area contributed by atoms with E-state index >= 15 is 0 Å². The van der Waals surface area contributed by atoms with Crippen LogP contribution in [0.25, 0.3) is 10.9 Å². The van der Waals surface area contributed by atoms with E-state index in [0.717, 1.165) is 38.1 Å². The molecule has 1 aliphatic heterocycles. The Morgan fingerprint density at radius 1 is 0.696 bits per heavy atom. The lowest BCUT2D eigenvalue weighted by Gasteiger charge is -2.29. The van der Waals surface area contributed by atoms with Crippen LogP contribution < -0.4 is 48.7 Å². The van der Waals surface area contributed by atoms with Crippen molar-refractivity contribution in [3.63, 3.8) is 0 Å². The van der Waals surface area contributed by atoms with Gasteiger partial charge in [-0.05, 0) is 68.8 Å². The first-order chi connectivity index (χ1) is 37.7. The first-order valence-electron chi connectivity index (χ1n) is 25.3. The van der Waals surface area contributed by atoms with Crippen LogP contribution >= 0.6 is 21.6 Å². The minimum atomic E-state index is -1.66. The van der Waals surface area contributed by atoms with Crippen LogP contribution in [0, 0.1) is 0 Å². The van der Waals surface area contributed by atoms with Crippen LogP contribution in [0.15, 0.2) is 103 Å². The number of aliphatic hydroxyl groups excluding tert-OH is 3. The average Bonchev–Trinajstić information content (AvgIpc) is 3.91. The van der Waals surface area contributed by atoms with Crippen LogP contribution in [-0.2, 0) is 62.4 Å². The van der Waals surface area contributed by atoms with Gasteiger partial charge >= 0.3 is 11.9 Å². The van der Waals surface area contributed by atoms with Crippen LogP contribution in [0.2, 0.25) is 0 Å². The van der Waals surface area contributed by atoms with Crippen molar-refractivity contribution in [1.82, 2.24) is 42.2 Å². The van der Waals surface area contributed by atoms with E-state index in [1.54, 1.807) is 60.8 Å². The van der Waals surface area contributed by atoms with Gasteiger partial charge in [-0.3, -0.25) is 33.6 Å². The Balaban J connectivity index is 0.00000155. The van der Waals surface area contributed by atoms with Crippen LogP contribution in [0.1, 0.15) is 49.8 Å². The Bertz CT molecular complexity index is 2680. The molecule has 7 amide bonds. The standard InChI is InChI=1S/C49H66N10O10S2.C4H4O4/c1-28(61)39(25-60)56-48(68)41-27-71-70-26-40(57-43(63)34(51)21-30-13-5-3-6-14-30)47(67)54-37(22-31-15-7-4-8-16-31)45(65)55-38(23-32-24-52-35-18-10-9-17-33(32)35)46(66)53-36(19-11-12-20-50)44(64)59-42(29(2)62)49(69)58-41;5-3(6)1-2-4(7)8/h3-10,13-18,24,28-29,34,36-42,52,60-62H,11-12,19-23,25-27,50-51H2,1-2H3,(H,53,66)(H,54,67)(H,55,65)(H,56,68)(H,57,63)(H,58,69)(H,59,64);1-2H,(H,5,6)(H,7,8)/b;2-1-/t28-,29?,34-,36+,37+,38-,39-,40+,41+,42+;/m1./s1. The topological polar surface area (TPSA) is 407 Å². The molecule has 1 aromatic heterocycles. The summed E-state index contributed by atoms with van der Waals surface area (Å²) in [4.78, 5) is 122. The Labute approximate surface area is 463 Å². The molecule has 1 saturated heterocycles. The molecule has 428 valence electrons. The number of benzene rings is 3. The number of H-pyrrole nitrogens is 1. The van der Waals surface area contributed by atoms with E-state index in [1.807, 2.05) is 30.3 Å². The van der Waals surface area contributed by atoms with E-state index < -0.39 is 120 Å². The molecule has 0 aliphatic carbocycles. The molecule has 1 aliphatic rings. The molecule has 2 heterocycles. The number of rotatable bonds is 19. The number of aliphatic carboxylic acids is 2. The lowest BCUT2D eigenvalue weighted by Crippen LogP contribution is -2.62. The normalized spacial score (nSPS) is 21.5. The van der Waals surface area contributed by atoms with Crippen molar-refractivity contribution >= 4 is 85.8 Å². The maximum atomic E-state index is 14.7. The monoisotopic (exact) mass is 1130 g/mol. The van der Waals surface area contributed by atoms with Gasteiger partial charge in [0.1, 0.15) is 36.3 Å². The number of nitrogens with one attached hydrogen (secondary N) is 8. The van der Waals surface area contributed by atoms with E-state index in [9.17, 15) is 58.5 Å². The fourth-order valence-electron chi connectivity index (χ4n) is 7.87. The van der Waals surface area contributed by atoms with Gasteiger partial charge in [0.2, 0.25) is 41.4 Å². The van der Waals surface area contributed by atoms with E-state index in [2.05, 4.69) is 42.2 Å². The number of aromatic nitrogens is 1. The fourth-order valence-corrected chi connectivity index (χ4v) is 10.2. The van der Waals surface area contributed by atoms with E-state index in [0.29, 0.717) is 36.1 Å². The highest BCUT2D eigenvalue weighted by Gasteiger charge is 2.36. The molecule has 26 heteroatoms. The number of carbonyl (C=O) groups is 9. The molecule has 17 N–H and O–H groups in total. The van der Waals surface area contributed by atoms with Gasteiger partial charge in [-0.2, -0.15) is 0 Å². The molecule has 79 heavy (non-hydrogen) atoms. The van der Waals surface area contributed by atoms with Gasteiger partial charge in [-0.25, -0.2) is 9.59 Å². The van der Waals surface area contributed by atoms with Gasteiger partial charge < -0.3 is 79.2 Å². The lowest BCUT2D eigenvalue weighted by molar-refractivity contribution is -0.136.